The van der Waals surface area contributed by atoms with Gasteiger partial charge in [-0.1, -0.05) is 125 Å². The van der Waals surface area contributed by atoms with Crippen LogP contribution < -0.4 is 0 Å². The lowest BCUT2D eigenvalue weighted by Gasteiger charge is -2.17. The van der Waals surface area contributed by atoms with Crippen LogP contribution in [-0.2, 0) is 0 Å². The summed E-state index contributed by atoms with van der Waals surface area (Å²) in [5, 5.41) is 15.1. The number of hydrogen-bond donors (Lipinski definition) is 0. The van der Waals surface area contributed by atoms with Gasteiger partial charge >= 0.3 is 0 Å². The van der Waals surface area contributed by atoms with Crippen molar-refractivity contribution >= 4 is 43.6 Å². The van der Waals surface area contributed by atoms with Crippen molar-refractivity contribution in [2.75, 3.05) is 0 Å². The Bertz CT molecular complexity index is 3220. The number of hydrogen-bond acceptors (Lipinski definition) is 2. The molecule has 0 spiro atoms. The number of pyridine rings is 1. The number of nitrogens with zero attached hydrogens (tertiary/aromatic N) is 4. The molecule has 0 saturated heterocycles. The van der Waals surface area contributed by atoms with Gasteiger partial charge in [0, 0.05) is 32.7 Å². The van der Waals surface area contributed by atoms with Crippen molar-refractivity contribution in [3.8, 4) is 51.0 Å². The molecule has 0 N–H and O–H groups in total. The predicted molar refractivity (Wildman–Crippen MR) is 233 cm³/mol. The molecule has 3 aromatic heterocycles. The van der Waals surface area contributed by atoms with E-state index in [0.717, 1.165) is 44.7 Å². The van der Waals surface area contributed by atoms with Crippen LogP contribution in [0.1, 0.15) is 27.8 Å². The molecule has 56 heavy (non-hydrogen) atoms. The van der Waals surface area contributed by atoms with E-state index in [1.54, 1.807) is 0 Å². The zero-order chi connectivity index (χ0) is 38.1. The Labute approximate surface area is 326 Å². The Kier molecular flexibility index (Phi) is 7.73. The minimum absolute atomic E-state index is 0.615. The second-order valence-electron chi connectivity index (χ2n) is 15.1. The van der Waals surface area contributed by atoms with E-state index in [1.807, 2.05) is 24.4 Å². The van der Waals surface area contributed by atoms with Crippen molar-refractivity contribution in [2.24, 2.45) is 0 Å². The summed E-state index contributed by atoms with van der Waals surface area (Å²) < 4.78 is 4.58. The molecule has 0 fully saturated rings. The quantitative estimate of drug-likeness (QED) is 0.178. The summed E-state index contributed by atoms with van der Waals surface area (Å²) in [6, 6.07) is 56.7. The molecule has 0 unspecified atom stereocenters. The monoisotopic (exact) mass is 718 g/mol. The average Bonchev–Trinajstić information content (AvgIpc) is 3.72. The first-order valence-corrected chi connectivity index (χ1v) is 19.1. The highest BCUT2D eigenvalue weighted by Crippen LogP contribution is 2.41. The largest absolute Gasteiger partial charge is 0.307 e. The third-order valence-corrected chi connectivity index (χ3v) is 11.1. The smallest absolute Gasteiger partial charge is 0.138 e. The fourth-order valence-electron chi connectivity index (χ4n) is 8.86. The highest BCUT2D eigenvalue weighted by atomic mass is 15.1. The van der Waals surface area contributed by atoms with Gasteiger partial charge in [0.1, 0.15) is 5.82 Å². The van der Waals surface area contributed by atoms with Gasteiger partial charge in [-0.15, -0.1) is 0 Å². The maximum Gasteiger partial charge on any atom is 0.138 e. The van der Waals surface area contributed by atoms with E-state index in [0.29, 0.717) is 5.56 Å². The lowest BCUT2D eigenvalue weighted by atomic mass is 9.98. The van der Waals surface area contributed by atoms with Gasteiger partial charge in [0.2, 0.25) is 0 Å². The molecule has 3 heterocycles. The molecular formula is C52H38N4. The standard InChI is InChI=1S/C52H38N4/c1-32-21-33(2)24-39(23-32)36-17-19-49-44(27-36)42-13-7-9-15-47(42)55(49)51-31-54-52(29-46(51)41-12-6-5-11-38(41)30-53)56-48-16-10-8-14-43(48)45-28-37(18-20-50(45)56)40-25-34(3)22-35(4)26-40/h5-29,31H,1-4H3. The van der Waals surface area contributed by atoms with Gasteiger partial charge in [-0.3, -0.25) is 4.57 Å². The molecule has 0 amide bonds. The second kappa shape index (κ2) is 13.0. The van der Waals surface area contributed by atoms with Crippen LogP contribution in [-0.4, -0.2) is 14.1 Å². The Morgan fingerprint density at radius 3 is 1.48 bits per heavy atom. The number of benzene rings is 7. The SMILES string of the molecule is Cc1cc(C)cc(-c2ccc3c(c2)c2ccccc2n3-c2cc(-c3ccccc3C#N)c(-n3c4ccccc4c4cc(-c5cc(C)cc(C)c5)ccc43)cn2)c1. The van der Waals surface area contributed by atoms with E-state index >= 15 is 0 Å². The Morgan fingerprint density at radius 1 is 0.429 bits per heavy atom. The molecule has 266 valence electrons. The summed E-state index contributed by atoms with van der Waals surface area (Å²) in [5.41, 5.74) is 17.5. The van der Waals surface area contributed by atoms with Gasteiger partial charge < -0.3 is 4.57 Å². The first-order chi connectivity index (χ1) is 27.3. The third-order valence-electron chi connectivity index (χ3n) is 11.1. The maximum atomic E-state index is 10.4. The topological polar surface area (TPSA) is 46.5 Å². The number of nitriles is 1. The molecule has 0 saturated carbocycles. The number of aryl methyl sites for hydroxylation is 4. The van der Waals surface area contributed by atoms with Crippen molar-refractivity contribution in [1.82, 2.24) is 14.1 Å². The summed E-state index contributed by atoms with van der Waals surface area (Å²) in [4.78, 5) is 5.28. The fourth-order valence-corrected chi connectivity index (χ4v) is 8.86. The van der Waals surface area contributed by atoms with Crippen LogP contribution in [0.4, 0.5) is 0 Å². The molecule has 10 aromatic rings. The molecule has 0 bridgehead atoms. The van der Waals surface area contributed by atoms with Gasteiger partial charge in [-0.2, -0.15) is 5.26 Å². The molecule has 0 atom stereocenters. The molecule has 0 aliphatic rings. The Hall–Kier alpha value is -7.22. The third kappa shape index (κ3) is 5.40. The molecule has 4 nitrogen and oxygen atoms in total. The zero-order valence-corrected chi connectivity index (χ0v) is 31.8. The number of aromatic nitrogens is 3. The number of rotatable bonds is 5. The van der Waals surface area contributed by atoms with Crippen molar-refractivity contribution < 1.29 is 0 Å². The lowest BCUT2D eigenvalue weighted by Crippen LogP contribution is -2.04. The Balaban J connectivity index is 1.23. The summed E-state index contributed by atoms with van der Waals surface area (Å²) in [6.45, 7) is 8.62. The first kappa shape index (κ1) is 33.4. The summed E-state index contributed by atoms with van der Waals surface area (Å²) in [6.07, 6.45) is 1.99. The maximum absolute atomic E-state index is 10.4. The first-order valence-electron chi connectivity index (χ1n) is 19.1. The molecule has 0 aliphatic heterocycles. The molecule has 0 aliphatic carbocycles. The average molecular weight is 719 g/mol. The second-order valence-corrected chi connectivity index (χ2v) is 15.1. The van der Waals surface area contributed by atoms with Gasteiger partial charge in [-0.25, -0.2) is 4.98 Å². The van der Waals surface area contributed by atoms with Crippen LogP contribution >= 0.6 is 0 Å². The molecule has 10 rings (SSSR count). The summed E-state index contributed by atoms with van der Waals surface area (Å²) in [7, 11) is 0. The van der Waals surface area contributed by atoms with Crippen molar-refractivity contribution in [1.29, 1.82) is 5.26 Å². The van der Waals surface area contributed by atoms with E-state index in [-0.39, 0.29) is 0 Å². The highest BCUT2D eigenvalue weighted by Gasteiger charge is 2.21. The molecule has 7 aromatic carbocycles. The van der Waals surface area contributed by atoms with Crippen LogP contribution in [0, 0.1) is 39.0 Å². The van der Waals surface area contributed by atoms with E-state index in [2.05, 4.69) is 176 Å². The van der Waals surface area contributed by atoms with Crippen LogP contribution in [0.25, 0.3) is 88.5 Å². The zero-order valence-electron chi connectivity index (χ0n) is 31.8. The minimum Gasteiger partial charge on any atom is -0.307 e. The van der Waals surface area contributed by atoms with E-state index in [9.17, 15) is 5.26 Å². The van der Waals surface area contributed by atoms with Gasteiger partial charge in [0.05, 0.1) is 45.6 Å². The molecule has 4 heteroatoms. The predicted octanol–water partition coefficient (Wildman–Crippen LogP) is 13.4. The van der Waals surface area contributed by atoms with Gasteiger partial charge in [-0.05, 0) is 98.5 Å². The minimum atomic E-state index is 0.615. The van der Waals surface area contributed by atoms with Crippen LogP contribution in [0.5, 0.6) is 0 Å². The Morgan fingerprint density at radius 2 is 0.911 bits per heavy atom. The van der Waals surface area contributed by atoms with Gasteiger partial charge in [0.25, 0.3) is 0 Å². The number of fused-ring (bicyclic) bond motifs is 6. The van der Waals surface area contributed by atoms with E-state index < -0.39 is 0 Å². The van der Waals surface area contributed by atoms with Crippen LogP contribution in [0.3, 0.4) is 0 Å². The van der Waals surface area contributed by atoms with Crippen molar-refractivity contribution in [2.45, 2.75) is 27.7 Å². The lowest BCUT2D eigenvalue weighted by molar-refractivity contribution is 1.06. The number of para-hydroxylation sites is 2. The highest BCUT2D eigenvalue weighted by molar-refractivity contribution is 6.12. The summed E-state index contributed by atoms with van der Waals surface area (Å²) in [5.74, 6) is 0.791. The van der Waals surface area contributed by atoms with Crippen LogP contribution in [0.15, 0.2) is 158 Å². The molecule has 0 radical (unpaired) electrons. The van der Waals surface area contributed by atoms with Crippen molar-refractivity contribution in [3.63, 3.8) is 0 Å². The van der Waals surface area contributed by atoms with E-state index in [1.165, 1.54) is 66.1 Å². The van der Waals surface area contributed by atoms with E-state index in [4.69, 9.17) is 4.98 Å². The fraction of sp³-hybridized carbons (Fsp3) is 0.0769. The van der Waals surface area contributed by atoms with Crippen molar-refractivity contribution in [3.05, 3.63) is 186 Å². The summed E-state index contributed by atoms with van der Waals surface area (Å²) >= 11 is 0. The van der Waals surface area contributed by atoms with Gasteiger partial charge in [0.15, 0.2) is 0 Å². The van der Waals surface area contributed by atoms with Crippen LogP contribution in [0.2, 0.25) is 0 Å². The molecular weight excluding hydrogens is 681 g/mol. The normalized spacial score (nSPS) is 11.6.